The summed E-state index contributed by atoms with van der Waals surface area (Å²) in [5.41, 5.74) is 5.34. The molecule has 0 fully saturated rings. The lowest BCUT2D eigenvalue weighted by atomic mass is 10.0. The fourth-order valence-corrected chi connectivity index (χ4v) is 5.40. The lowest BCUT2D eigenvalue weighted by molar-refractivity contribution is 0.577. The van der Waals surface area contributed by atoms with Gasteiger partial charge in [0, 0.05) is 11.4 Å². The van der Waals surface area contributed by atoms with Crippen molar-refractivity contribution in [2.45, 2.75) is 32.6 Å². The highest BCUT2D eigenvalue weighted by Crippen LogP contribution is 2.30. The molecule has 1 aliphatic heterocycles. The first kappa shape index (κ1) is 20.0. The Morgan fingerprint density at radius 2 is 1.67 bits per heavy atom. The molecule has 0 atom stereocenters. The van der Waals surface area contributed by atoms with Crippen LogP contribution in [0, 0.1) is 33.1 Å². The second-order valence-corrected chi connectivity index (χ2v) is 9.14. The van der Waals surface area contributed by atoms with Gasteiger partial charge in [0.25, 0.3) is 10.0 Å². The monoisotopic (exact) mass is 424 g/mol. The van der Waals surface area contributed by atoms with E-state index in [0.717, 1.165) is 27.9 Å². The number of aryl methyl sites for hydroxylation is 2. The maximum atomic E-state index is 13.1. The summed E-state index contributed by atoms with van der Waals surface area (Å²) in [5, 5.41) is 11.5. The van der Waals surface area contributed by atoms with Crippen LogP contribution in [0.25, 0.3) is 0 Å². The molecule has 0 bridgehead atoms. The van der Waals surface area contributed by atoms with Crippen molar-refractivity contribution in [2.75, 3.05) is 21.6 Å². The zero-order chi connectivity index (χ0) is 21.6. The number of benzene rings is 2. The van der Waals surface area contributed by atoms with Crippen LogP contribution in [-0.2, 0) is 10.0 Å². The van der Waals surface area contributed by atoms with Gasteiger partial charge in [-0.1, -0.05) is 6.07 Å². The van der Waals surface area contributed by atoms with Gasteiger partial charge in [0.15, 0.2) is 0 Å². The predicted octanol–water partition coefficient (Wildman–Crippen LogP) is 4.53. The van der Waals surface area contributed by atoms with E-state index in [1.54, 1.807) is 41.5 Å². The van der Waals surface area contributed by atoms with Crippen LogP contribution in [0.5, 0.6) is 0 Å². The van der Waals surface area contributed by atoms with Gasteiger partial charge < -0.3 is 14.6 Å². The van der Waals surface area contributed by atoms with Crippen molar-refractivity contribution >= 4 is 33.1 Å². The van der Waals surface area contributed by atoms with Crippen LogP contribution in [0.3, 0.4) is 0 Å². The lowest BCUT2D eigenvalue weighted by Gasteiger charge is -2.29. The zero-order valence-corrected chi connectivity index (χ0v) is 18.1. The van der Waals surface area contributed by atoms with Crippen molar-refractivity contribution in [3.8, 4) is 0 Å². The van der Waals surface area contributed by atoms with Crippen molar-refractivity contribution in [1.82, 2.24) is 0 Å². The zero-order valence-electron chi connectivity index (χ0n) is 17.3. The van der Waals surface area contributed by atoms with E-state index in [1.807, 2.05) is 33.8 Å². The van der Waals surface area contributed by atoms with Crippen molar-refractivity contribution in [1.29, 1.82) is 5.41 Å². The van der Waals surface area contributed by atoms with Gasteiger partial charge in [-0.05, 0) is 80.3 Å². The minimum Gasteiger partial charge on any atom is -0.448 e. The molecule has 30 heavy (non-hydrogen) atoms. The molecule has 0 saturated carbocycles. The fourth-order valence-electron chi connectivity index (χ4n) is 3.73. The molecule has 0 amide bonds. The largest absolute Gasteiger partial charge is 0.448 e. The van der Waals surface area contributed by atoms with Crippen LogP contribution in [0.1, 0.15) is 27.8 Å². The molecule has 0 aliphatic carbocycles. The Morgan fingerprint density at radius 1 is 1.03 bits per heavy atom. The predicted molar refractivity (Wildman–Crippen MR) is 119 cm³/mol. The highest BCUT2D eigenvalue weighted by atomic mass is 32.2. The summed E-state index contributed by atoms with van der Waals surface area (Å²) < 4.78 is 34.2. The van der Waals surface area contributed by atoms with Crippen molar-refractivity contribution < 1.29 is 12.8 Å². The Hall–Kier alpha value is -3.26. The smallest absolute Gasteiger partial charge is 0.262 e. The van der Waals surface area contributed by atoms with E-state index in [2.05, 4.69) is 10.0 Å². The molecule has 3 N–H and O–H groups in total. The standard InChI is InChI=1S/C22H24N4O3S/c1-13-11-14(2)16(4)20(15(13)3)30(27,28)25-17-5-7-18(8-6-17)26-12-24-22-19(21(26)23)9-10-29-22/h5-11,23-25H,12H2,1-4H3. The minimum atomic E-state index is -3.73. The molecule has 4 rings (SSSR count). The number of amidine groups is 1. The van der Waals surface area contributed by atoms with E-state index in [1.165, 1.54) is 0 Å². The van der Waals surface area contributed by atoms with Gasteiger partial charge in [0.2, 0.25) is 5.88 Å². The fraction of sp³-hybridized carbons (Fsp3) is 0.227. The first-order chi connectivity index (χ1) is 14.2. The number of furan rings is 1. The first-order valence-corrected chi connectivity index (χ1v) is 11.1. The van der Waals surface area contributed by atoms with Crippen LogP contribution < -0.4 is 14.9 Å². The van der Waals surface area contributed by atoms with Gasteiger partial charge in [0.05, 0.1) is 23.4 Å². The summed E-state index contributed by atoms with van der Waals surface area (Å²) in [6.07, 6.45) is 1.55. The molecule has 7 nitrogen and oxygen atoms in total. The van der Waals surface area contributed by atoms with Gasteiger partial charge in [-0.2, -0.15) is 0 Å². The second kappa shape index (κ2) is 7.21. The number of nitrogens with zero attached hydrogens (tertiary/aromatic N) is 1. The highest BCUT2D eigenvalue weighted by Gasteiger charge is 2.25. The summed E-state index contributed by atoms with van der Waals surface area (Å²) in [7, 11) is -3.73. The Balaban J connectivity index is 1.60. The summed E-state index contributed by atoms with van der Waals surface area (Å²) in [6, 6.07) is 10.7. The van der Waals surface area contributed by atoms with E-state index < -0.39 is 10.0 Å². The Labute approximate surface area is 176 Å². The Morgan fingerprint density at radius 3 is 2.30 bits per heavy atom. The van der Waals surface area contributed by atoms with Gasteiger partial charge in [-0.15, -0.1) is 0 Å². The van der Waals surface area contributed by atoms with Crippen LogP contribution in [0.4, 0.5) is 17.3 Å². The van der Waals surface area contributed by atoms with E-state index in [4.69, 9.17) is 9.83 Å². The van der Waals surface area contributed by atoms with E-state index in [9.17, 15) is 8.42 Å². The number of rotatable bonds is 4. The van der Waals surface area contributed by atoms with E-state index >= 15 is 0 Å². The molecule has 1 aromatic heterocycles. The maximum Gasteiger partial charge on any atom is 0.262 e. The number of nitrogens with one attached hydrogen (secondary N) is 3. The summed E-state index contributed by atoms with van der Waals surface area (Å²) >= 11 is 0. The molecule has 2 aromatic carbocycles. The van der Waals surface area contributed by atoms with Crippen LogP contribution in [-0.4, -0.2) is 20.9 Å². The molecule has 0 saturated heterocycles. The lowest BCUT2D eigenvalue weighted by Crippen LogP contribution is -2.39. The average Bonchev–Trinajstić information content (AvgIpc) is 3.17. The van der Waals surface area contributed by atoms with Gasteiger partial charge >= 0.3 is 0 Å². The van der Waals surface area contributed by atoms with Crippen LogP contribution in [0.2, 0.25) is 0 Å². The molecule has 3 aromatic rings. The molecule has 2 heterocycles. The van der Waals surface area contributed by atoms with Crippen LogP contribution in [0.15, 0.2) is 52.0 Å². The number of anilines is 3. The Bertz CT molecular complexity index is 1220. The summed E-state index contributed by atoms with van der Waals surface area (Å²) in [6.45, 7) is 7.90. The average molecular weight is 425 g/mol. The summed E-state index contributed by atoms with van der Waals surface area (Å²) in [4.78, 5) is 2.12. The SMILES string of the molecule is Cc1cc(C)c(C)c(S(=O)(=O)Nc2ccc(N3CNc4occc4C3=N)cc2)c1C. The van der Waals surface area contributed by atoms with Gasteiger partial charge in [-0.25, -0.2) is 8.42 Å². The van der Waals surface area contributed by atoms with Gasteiger partial charge in [-0.3, -0.25) is 10.1 Å². The Kier molecular flexibility index (Phi) is 4.82. The van der Waals surface area contributed by atoms with E-state index in [-0.39, 0.29) is 0 Å². The molecule has 8 heteroatoms. The van der Waals surface area contributed by atoms with Crippen LogP contribution >= 0.6 is 0 Å². The molecule has 0 spiro atoms. The number of hydrogen-bond donors (Lipinski definition) is 3. The van der Waals surface area contributed by atoms with Crippen molar-refractivity contribution in [2.24, 2.45) is 0 Å². The molecule has 0 unspecified atom stereocenters. The molecule has 0 radical (unpaired) electrons. The summed E-state index contributed by atoms with van der Waals surface area (Å²) in [5.74, 6) is 0.909. The van der Waals surface area contributed by atoms with Crippen molar-refractivity contribution in [3.05, 3.63) is 70.5 Å². The highest BCUT2D eigenvalue weighted by molar-refractivity contribution is 7.92. The first-order valence-electron chi connectivity index (χ1n) is 9.57. The van der Waals surface area contributed by atoms with E-state index in [0.29, 0.717) is 34.5 Å². The third kappa shape index (κ3) is 3.33. The third-order valence-electron chi connectivity index (χ3n) is 5.59. The number of fused-ring (bicyclic) bond motifs is 1. The van der Waals surface area contributed by atoms with Crippen molar-refractivity contribution in [3.63, 3.8) is 0 Å². The normalized spacial score (nSPS) is 13.7. The third-order valence-corrected chi connectivity index (χ3v) is 7.24. The number of sulfonamides is 1. The molecule has 1 aliphatic rings. The minimum absolute atomic E-state index is 0.326. The topological polar surface area (TPSA) is 98.4 Å². The molecular weight excluding hydrogens is 400 g/mol. The molecule has 156 valence electrons. The van der Waals surface area contributed by atoms with Gasteiger partial charge in [0.1, 0.15) is 5.84 Å². The number of hydrogen-bond acceptors (Lipinski definition) is 5. The maximum absolute atomic E-state index is 13.1. The quantitative estimate of drug-likeness (QED) is 0.572. The molecular formula is C22H24N4O3S. The second-order valence-electron chi connectivity index (χ2n) is 7.52.